The van der Waals surface area contributed by atoms with Gasteiger partial charge in [0.25, 0.3) is 0 Å². The van der Waals surface area contributed by atoms with E-state index in [4.69, 9.17) is 4.74 Å². The summed E-state index contributed by atoms with van der Waals surface area (Å²) in [7, 11) is 0. The second kappa shape index (κ2) is 5.05. The third-order valence-electron chi connectivity index (χ3n) is 4.41. The maximum atomic E-state index is 11.2. The van der Waals surface area contributed by atoms with Crippen LogP contribution < -0.4 is 4.74 Å². The Balaban J connectivity index is 1.88. The number of β-amino-alcohol motifs (C(OH)–C–C–N with tert-alkyl or cyclic N) is 1. The standard InChI is InChI=1S/C17H25NO2/c1-12(2)20-16-7-5-4-6-15(16)17(19)10-13(3)18(11-17)14-8-9-14/h4-7,12-14,19H,8-11H2,1-3H3. The number of hydrogen-bond acceptors (Lipinski definition) is 3. The lowest BCUT2D eigenvalue weighted by Gasteiger charge is -2.27. The summed E-state index contributed by atoms with van der Waals surface area (Å²) in [6.07, 6.45) is 3.48. The van der Waals surface area contributed by atoms with E-state index in [1.807, 2.05) is 38.1 Å². The third kappa shape index (κ3) is 2.57. The number of aliphatic hydroxyl groups is 1. The van der Waals surface area contributed by atoms with E-state index in [1.165, 1.54) is 12.8 Å². The van der Waals surface area contributed by atoms with Gasteiger partial charge in [0.2, 0.25) is 0 Å². The molecule has 2 aliphatic rings. The van der Waals surface area contributed by atoms with Gasteiger partial charge in [-0.25, -0.2) is 0 Å². The minimum atomic E-state index is -0.770. The highest BCUT2D eigenvalue weighted by Crippen LogP contribution is 2.44. The molecule has 1 aliphatic carbocycles. The van der Waals surface area contributed by atoms with Gasteiger partial charge in [-0.3, -0.25) is 4.90 Å². The fourth-order valence-electron chi connectivity index (χ4n) is 3.43. The summed E-state index contributed by atoms with van der Waals surface area (Å²) in [5.74, 6) is 0.829. The normalized spacial score (nSPS) is 30.9. The molecular weight excluding hydrogens is 250 g/mol. The van der Waals surface area contributed by atoms with E-state index in [9.17, 15) is 5.11 Å². The SMILES string of the molecule is CC(C)Oc1ccccc1C1(O)CC(C)N(C2CC2)C1. The van der Waals surface area contributed by atoms with Crippen LogP contribution >= 0.6 is 0 Å². The summed E-state index contributed by atoms with van der Waals surface area (Å²) in [4.78, 5) is 2.46. The molecule has 0 radical (unpaired) electrons. The van der Waals surface area contributed by atoms with Crippen LogP contribution in [0.2, 0.25) is 0 Å². The van der Waals surface area contributed by atoms with Gasteiger partial charge in [-0.2, -0.15) is 0 Å². The van der Waals surface area contributed by atoms with Crippen molar-refractivity contribution >= 4 is 0 Å². The number of nitrogens with zero attached hydrogens (tertiary/aromatic N) is 1. The van der Waals surface area contributed by atoms with E-state index < -0.39 is 5.60 Å². The molecule has 1 aromatic carbocycles. The number of ether oxygens (including phenoxy) is 1. The Bertz CT molecular complexity index is 484. The molecule has 20 heavy (non-hydrogen) atoms. The lowest BCUT2D eigenvalue weighted by Crippen LogP contribution is -2.33. The third-order valence-corrected chi connectivity index (χ3v) is 4.41. The molecule has 1 saturated heterocycles. The van der Waals surface area contributed by atoms with Gasteiger partial charge in [0.15, 0.2) is 0 Å². The lowest BCUT2D eigenvalue weighted by atomic mass is 9.90. The van der Waals surface area contributed by atoms with Gasteiger partial charge in [-0.1, -0.05) is 18.2 Å². The summed E-state index contributed by atoms with van der Waals surface area (Å²) in [6.45, 7) is 7.00. The number of benzene rings is 1. The van der Waals surface area contributed by atoms with Crippen LogP contribution in [0.1, 0.15) is 45.6 Å². The summed E-state index contributed by atoms with van der Waals surface area (Å²) < 4.78 is 5.89. The van der Waals surface area contributed by atoms with Gasteiger partial charge in [0, 0.05) is 24.2 Å². The molecule has 110 valence electrons. The number of hydrogen-bond donors (Lipinski definition) is 1. The minimum absolute atomic E-state index is 0.123. The van der Waals surface area contributed by atoms with E-state index in [-0.39, 0.29) is 6.10 Å². The van der Waals surface area contributed by atoms with Gasteiger partial charge in [0.05, 0.1) is 6.10 Å². The van der Waals surface area contributed by atoms with Crippen molar-refractivity contribution < 1.29 is 9.84 Å². The zero-order valence-corrected chi connectivity index (χ0v) is 12.7. The highest BCUT2D eigenvalue weighted by Gasteiger charge is 2.47. The molecule has 0 aromatic heterocycles. The first kappa shape index (κ1) is 13.9. The first-order valence-electron chi connectivity index (χ1n) is 7.74. The van der Waals surface area contributed by atoms with Crippen LogP contribution in [0.25, 0.3) is 0 Å². The van der Waals surface area contributed by atoms with Crippen molar-refractivity contribution in [3.63, 3.8) is 0 Å². The van der Waals surface area contributed by atoms with Crippen LogP contribution in [0.5, 0.6) is 5.75 Å². The minimum Gasteiger partial charge on any atom is -0.491 e. The van der Waals surface area contributed by atoms with Crippen molar-refractivity contribution in [2.45, 2.75) is 63.8 Å². The monoisotopic (exact) mass is 275 g/mol. The Morgan fingerprint density at radius 3 is 2.65 bits per heavy atom. The van der Waals surface area contributed by atoms with Crippen LogP contribution in [0.4, 0.5) is 0 Å². The average Bonchev–Trinajstić information content (AvgIpc) is 3.16. The topological polar surface area (TPSA) is 32.7 Å². The van der Waals surface area contributed by atoms with E-state index in [2.05, 4.69) is 11.8 Å². The van der Waals surface area contributed by atoms with Crippen LogP contribution in [0.3, 0.4) is 0 Å². The highest BCUT2D eigenvalue weighted by molar-refractivity contribution is 5.39. The zero-order chi connectivity index (χ0) is 14.3. The van der Waals surface area contributed by atoms with Crippen molar-refractivity contribution in [3.05, 3.63) is 29.8 Å². The van der Waals surface area contributed by atoms with Gasteiger partial charge in [-0.15, -0.1) is 0 Å². The van der Waals surface area contributed by atoms with Crippen LogP contribution in [0.15, 0.2) is 24.3 Å². The maximum Gasteiger partial charge on any atom is 0.125 e. The molecule has 1 N–H and O–H groups in total. The van der Waals surface area contributed by atoms with E-state index in [1.54, 1.807) is 0 Å². The predicted octanol–water partition coefficient (Wildman–Crippen LogP) is 2.92. The van der Waals surface area contributed by atoms with E-state index in [0.29, 0.717) is 12.1 Å². The van der Waals surface area contributed by atoms with Crippen LogP contribution in [-0.4, -0.2) is 34.7 Å². The molecule has 0 spiro atoms. The average molecular weight is 275 g/mol. The predicted molar refractivity (Wildman–Crippen MR) is 79.9 cm³/mol. The van der Waals surface area contributed by atoms with Crippen LogP contribution in [-0.2, 0) is 5.60 Å². The first-order valence-corrected chi connectivity index (χ1v) is 7.74. The highest BCUT2D eigenvalue weighted by atomic mass is 16.5. The molecule has 1 saturated carbocycles. The number of likely N-dealkylation sites (tertiary alicyclic amines) is 1. The Kier molecular flexibility index (Phi) is 3.51. The summed E-state index contributed by atoms with van der Waals surface area (Å²) in [5, 5.41) is 11.2. The Labute approximate surface area is 121 Å². The molecule has 1 aromatic rings. The van der Waals surface area contributed by atoms with Gasteiger partial charge in [0.1, 0.15) is 11.4 Å². The molecular formula is C17H25NO2. The molecule has 0 amide bonds. The maximum absolute atomic E-state index is 11.2. The summed E-state index contributed by atoms with van der Waals surface area (Å²) >= 11 is 0. The molecule has 2 atom stereocenters. The quantitative estimate of drug-likeness (QED) is 0.917. The molecule has 0 bridgehead atoms. The molecule has 3 heteroatoms. The van der Waals surface area contributed by atoms with Gasteiger partial charge >= 0.3 is 0 Å². The Morgan fingerprint density at radius 1 is 1.30 bits per heavy atom. The Morgan fingerprint density at radius 2 is 2.00 bits per heavy atom. The van der Waals surface area contributed by atoms with Crippen molar-refractivity contribution in [2.24, 2.45) is 0 Å². The van der Waals surface area contributed by atoms with Crippen molar-refractivity contribution in [1.82, 2.24) is 4.90 Å². The van der Waals surface area contributed by atoms with E-state index in [0.717, 1.165) is 24.3 Å². The van der Waals surface area contributed by atoms with E-state index >= 15 is 0 Å². The van der Waals surface area contributed by atoms with Crippen LogP contribution in [0, 0.1) is 0 Å². The first-order chi connectivity index (χ1) is 9.49. The molecule has 1 heterocycles. The fraction of sp³-hybridized carbons (Fsp3) is 0.647. The molecule has 1 aliphatic heterocycles. The van der Waals surface area contributed by atoms with Gasteiger partial charge in [-0.05, 0) is 46.1 Å². The molecule has 3 nitrogen and oxygen atoms in total. The van der Waals surface area contributed by atoms with Crippen molar-refractivity contribution in [1.29, 1.82) is 0 Å². The molecule has 2 fully saturated rings. The molecule has 2 unspecified atom stereocenters. The van der Waals surface area contributed by atoms with Crippen molar-refractivity contribution in [3.8, 4) is 5.75 Å². The van der Waals surface area contributed by atoms with Gasteiger partial charge < -0.3 is 9.84 Å². The zero-order valence-electron chi connectivity index (χ0n) is 12.7. The number of rotatable bonds is 4. The largest absolute Gasteiger partial charge is 0.491 e. The second-order valence-corrected chi connectivity index (χ2v) is 6.65. The molecule has 3 rings (SSSR count). The summed E-state index contributed by atoms with van der Waals surface area (Å²) in [6, 6.07) is 9.09. The lowest BCUT2D eigenvalue weighted by molar-refractivity contribution is 0.0410. The Hall–Kier alpha value is -1.06. The second-order valence-electron chi connectivity index (χ2n) is 6.65. The number of para-hydroxylation sites is 1. The smallest absolute Gasteiger partial charge is 0.125 e. The fourth-order valence-corrected chi connectivity index (χ4v) is 3.43. The summed E-state index contributed by atoms with van der Waals surface area (Å²) in [5.41, 5.74) is 0.178. The van der Waals surface area contributed by atoms with Crippen molar-refractivity contribution in [2.75, 3.05) is 6.54 Å².